The van der Waals surface area contributed by atoms with Gasteiger partial charge >= 0.3 is 0 Å². The second kappa shape index (κ2) is 9.37. The molecular formula is C26H29ClN2O3. The molecule has 2 unspecified atom stereocenters. The van der Waals surface area contributed by atoms with E-state index in [-0.39, 0.29) is 11.8 Å². The van der Waals surface area contributed by atoms with Crippen molar-refractivity contribution < 1.29 is 14.3 Å². The molecule has 4 rings (SSSR count). The Morgan fingerprint density at radius 3 is 2.25 bits per heavy atom. The number of para-hydroxylation sites is 1. The van der Waals surface area contributed by atoms with Crippen LogP contribution in [-0.4, -0.2) is 36.4 Å². The van der Waals surface area contributed by atoms with Crippen LogP contribution in [0.4, 0.5) is 5.69 Å². The van der Waals surface area contributed by atoms with Gasteiger partial charge in [0.15, 0.2) is 0 Å². The van der Waals surface area contributed by atoms with E-state index in [2.05, 4.69) is 25.7 Å². The lowest BCUT2D eigenvalue weighted by Gasteiger charge is -2.37. The highest BCUT2D eigenvalue weighted by Crippen LogP contribution is 2.39. The van der Waals surface area contributed by atoms with Gasteiger partial charge in [0, 0.05) is 13.1 Å². The lowest BCUT2D eigenvalue weighted by atomic mass is 9.91. The smallest absolute Gasteiger partial charge is 0.282 e. The molecule has 2 atom stereocenters. The summed E-state index contributed by atoms with van der Waals surface area (Å²) in [6, 6.07) is 14.4. The third-order valence-corrected chi connectivity index (χ3v) is 6.27. The number of rotatable bonds is 6. The predicted octanol–water partition coefficient (Wildman–Crippen LogP) is 5.39. The van der Waals surface area contributed by atoms with E-state index in [1.165, 1.54) is 4.90 Å². The van der Waals surface area contributed by atoms with Gasteiger partial charge in [-0.2, -0.15) is 0 Å². The zero-order chi connectivity index (χ0) is 22.8. The largest absolute Gasteiger partial charge is 0.494 e. The van der Waals surface area contributed by atoms with Crippen molar-refractivity contribution in [3.05, 3.63) is 64.8 Å². The molecule has 6 heteroatoms. The van der Waals surface area contributed by atoms with E-state index in [0.717, 1.165) is 31.7 Å². The first-order valence-electron chi connectivity index (χ1n) is 11.3. The van der Waals surface area contributed by atoms with E-state index in [9.17, 15) is 9.59 Å². The molecule has 32 heavy (non-hydrogen) atoms. The number of carbonyl (C=O) groups is 2. The van der Waals surface area contributed by atoms with Gasteiger partial charge < -0.3 is 9.64 Å². The third kappa shape index (κ3) is 4.26. The fraction of sp³-hybridized carbons (Fsp3) is 0.385. The summed E-state index contributed by atoms with van der Waals surface area (Å²) < 4.78 is 5.69. The van der Waals surface area contributed by atoms with Crippen LogP contribution in [0.3, 0.4) is 0 Å². The molecule has 0 saturated carbocycles. The summed E-state index contributed by atoms with van der Waals surface area (Å²) in [6.45, 7) is 8.56. The highest BCUT2D eigenvalue weighted by Gasteiger charge is 2.44. The molecule has 2 aromatic rings. The molecule has 0 bridgehead atoms. The number of hydrogen-bond donors (Lipinski definition) is 0. The molecule has 2 aliphatic rings. The normalized spacial score (nSPS) is 21.5. The van der Waals surface area contributed by atoms with Crippen LogP contribution in [0.25, 0.3) is 5.57 Å². The first kappa shape index (κ1) is 22.4. The minimum atomic E-state index is -0.341. The summed E-state index contributed by atoms with van der Waals surface area (Å²) in [5.74, 6) is 0.971. The number of ether oxygens (including phenoxy) is 1. The van der Waals surface area contributed by atoms with E-state index in [1.54, 1.807) is 24.3 Å². The zero-order valence-electron chi connectivity index (χ0n) is 18.8. The molecule has 1 saturated heterocycles. The number of hydrogen-bond acceptors (Lipinski definition) is 4. The Morgan fingerprint density at radius 1 is 0.969 bits per heavy atom. The first-order valence-corrected chi connectivity index (χ1v) is 11.6. The van der Waals surface area contributed by atoms with E-state index in [0.29, 0.717) is 46.0 Å². The van der Waals surface area contributed by atoms with Crippen LogP contribution in [0.2, 0.25) is 5.02 Å². The summed E-state index contributed by atoms with van der Waals surface area (Å²) in [6.07, 6.45) is 2.03. The molecule has 0 spiro atoms. The lowest BCUT2D eigenvalue weighted by Crippen LogP contribution is -2.42. The monoisotopic (exact) mass is 452 g/mol. The molecule has 1 fully saturated rings. The first-order chi connectivity index (χ1) is 15.4. The quantitative estimate of drug-likeness (QED) is 0.551. The molecule has 2 aromatic carbocycles. The minimum absolute atomic E-state index is 0.314. The number of carbonyl (C=O) groups excluding carboxylic acids is 2. The number of piperidine rings is 1. The summed E-state index contributed by atoms with van der Waals surface area (Å²) in [4.78, 5) is 30.7. The number of amides is 2. The Labute approximate surface area is 194 Å². The minimum Gasteiger partial charge on any atom is -0.494 e. The maximum Gasteiger partial charge on any atom is 0.282 e. The van der Waals surface area contributed by atoms with Gasteiger partial charge in [-0.05, 0) is 54.5 Å². The predicted molar refractivity (Wildman–Crippen MR) is 128 cm³/mol. The summed E-state index contributed by atoms with van der Waals surface area (Å²) in [7, 11) is 0. The fourth-order valence-electron chi connectivity index (χ4n) is 4.71. The number of likely N-dealkylation sites (tertiary alicyclic amines) is 1. The van der Waals surface area contributed by atoms with Gasteiger partial charge in [-0.1, -0.05) is 56.6 Å². The summed E-state index contributed by atoms with van der Waals surface area (Å²) in [5, 5.41) is 0.374. The molecule has 2 amide bonds. The Kier molecular flexibility index (Phi) is 6.56. The Balaban J connectivity index is 1.79. The number of imide groups is 1. The van der Waals surface area contributed by atoms with Crippen LogP contribution < -0.4 is 9.64 Å². The molecule has 0 aliphatic carbocycles. The SMILES string of the molecule is CCCOc1ccc(C2=C(N3CC(C)CC(C)C3)C(=O)N(c3ccccc3Cl)C2=O)cc1. The van der Waals surface area contributed by atoms with E-state index < -0.39 is 0 Å². The van der Waals surface area contributed by atoms with Gasteiger partial charge in [0.2, 0.25) is 0 Å². The van der Waals surface area contributed by atoms with Crippen molar-refractivity contribution >= 4 is 34.7 Å². The number of anilines is 1. The number of halogens is 1. The van der Waals surface area contributed by atoms with Gasteiger partial charge in [-0.15, -0.1) is 0 Å². The Bertz CT molecular complexity index is 1040. The van der Waals surface area contributed by atoms with Crippen molar-refractivity contribution in [1.29, 1.82) is 0 Å². The van der Waals surface area contributed by atoms with Gasteiger partial charge in [-0.25, -0.2) is 4.90 Å². The molecule has 0 aromatic heterocycles. The van der Waals surface area contributed by atoms with Crippen LogP contribution in [0.15, 0.2) is 54.2 Å². The molecule has 168 valence electrons. The molecule has 2 heterocycles. The highest BCUT2D eigenvalue weighted by atomic mass is 35.5. The summed E-state index contributed by atoms with van der Waals surface area (Å²) >= 11 is 6.38. The zero-order valence-corrected chi connectivity index (χ0v) is 19.6. The fourth-order valence-corrected chi connectivity index (χ4v) is 4.93. The van der Waals surface area contributed by atoms with Gasteiger partial charge in [0.25, 0.3) is 11.8 Å². The molecule has 5 nitrogen and oxygen atoms in total. The van der Waals surface area contributed by atoms with Gasteiger partial charge in [0.05, 0.1) is 22.9 Å². The highest BCUT2D eigenvalue weighted by molar-refractivity contribution is 6.47. The van der Waals surface area contributed by atoms with Gasteiger partial charge in [0.1, 0.15) is 11.4 Å². The van der Waals surface area contributed by atoms with Crippen molar-refractivity contribution in [1.82, 2.24) is 4.90 Å². The molecule has 0 N–H and O–H groups in total. The number of nitrogens with zero attached hydrogens (tertiary/aromatic N) is 2. The third-order valence-electron chi connectivity index (χ3n) is 5.95. The van der Waals surface area contributed by atoms with Crippen LogP contribution in [-0.2, 0) is 9.59 Å². The number of benzene rings is 2. The van der Waals surface area contributed by atoms with E-state index in [4.69, 9.17) is 16.3 Å². The average Bonchev–Trinajstić information content (AvgIpc) is 3.02. The standard InChI is InChI=1S/C26H29ClN2O3/c1-4-13-32-20-11-9-19(10-12-20)23-24(28-15-17(2)14-18(3)16-28)26(31)29(25(23)30)22-8-6-5-7-21(22)27/h5-12,17-18H,4,13-16H2,1-3H3. The second-order valence-corrected chi connectivity index (χ2v) is 9.25. The van der Waals surface area contributed by atoms with Crippen molar-refractivity contribution in [2.45, 2.75) is 33.6 Å². The van der Waals surface area contributed by atoms with Crippen molar-refractivity contribution in [3.8, 4) is 5.75 Å². The Morgan fingerprint density at radius 2 is 1.62 bits per heavy atom. The molecule has 2 aliphatic heterocycles. The van der Waals surface area contributed by atoms with E-state index >= 15 is 0 Å². The average molecular weight is 453 g/mol. The van der Waals surface area contributed by atoms with Gasteiger partial charge in [-0.3, -0.25) is 9.59 Å². The van der Waals surface area contributed by atoms with E-state index in [1.807, 2.05) is 24.3 Å². The maximum absolute atomic E-state index is 13.7. The van der Waals surface area contributed by atoms with Crippen LogP contribution in [0.5, 0.6) is 5.75 Å². The lowest BCUT2D eigenvalue weighted by molar-refractivity contribution is -0.120. The van der Waals surface area contributed by atoms with Crippen molar-refractivity contribution in [2.75, 3.05) is 24.6 Å². The topological polar surface area (TPSA) is 49.9 Å². The molecular weight excluding hydrogens is 424 g/mol. The van der Waals surface area contributed by atoms with Crippen LogP contribution in [0.1, 0.15) is 39.2 Å². The summed E-state index contributed by atoms with van der Waals surface area (Å²) in [5.41, 5.74) is 2.02. The second-order valence-electron chi connectivity index (χ2n) is 8.84. The van der Waals surface area contributed by atoms with Crippen molar-refractivity contribution in [3.63, 3.8) is 0 Å². The Hall–Kier alpha value is -2.79. The van der Waals surface area contributed by atoms with Crippen molar-refractivity contribution in [2.24, 2.45) is 11.8 Å². The maximum atomic E-state index is 13.7. The molecule has 0 radical (unpaired) electrons. The van der Waals surface area contributed by atoms with Crippen LogP contribution in [0, 0.1) is 11.8 Å². The van der Waals surface area contributed by atoms with Crippen LogP contribution >= 0.6 is 11.6 Å².